The van der Waals surface area contributed by atoms with Crippen molar-refractivity contribution in [2.24, 2.45) is 0 Å². The van der Waals surface area contributed by atoms with Crippen LogP contribution in [0.4, 0.5) is 17.6 Å². The third-order valence-electron chi connectivity index (χ3n) is 7.16. The number of ether oxygens (including phenoxy) is 2. The molecule has 1 aromatic carbocycles. The van der Waals surface area contributed by atoms with Gasteiger partial charge in [0, 0.05) is 37.6 Å². The molecule has 38 heavy (non-hydrogen) atoms. The molecule has 3 aromatic rings. The first-order valence-electron chi connectivity index (χ1n) is 13.1. The molecule has 206 valence electrons. The summed E-state index contributed by atoms with van der Waals surface area (Å²) in [5, 5.41) is 4.03. The van der Waals surface area contributed by atoms with Crippen LogP contribution < -0.4 is 36.3 Å². The predicted molar refractivity (Wildman–Crippen MR) is 154 cm³/mol. The quantitative estimate of drug-likeness (QED) is 0.345. The third kappa shape index (κ3) is 4.92. The number of nitrogens with zero attached hydrogens (tertiary/aromatic N) is 5. The van der Waals surface area contributed by atoms with Crippen molar-refractivity contribution in [3.63, 3.8) is 0 Å². The average molecular weight is 592 g/mol. The molecule has 4 rings (SSSR count). The van der Waals surface area contributed by atoms with Crippen LogP contribution in [-0.2, 0) is 13.1 Å². The number of nitrogen functional groups attached to an aromatic ring is 1. The van der Waals surface area contributed by atoms with Crippen LogP contribution in [0.5, 0.6) is 11.5 Å². The van der Waals surface area contributed by atoms with Gasteiger partial charge in [-0.1, -0.05) is 26.7 Å². The second-order valence-electron chi connectivity index (χ2n) is 9.53. The SMILES string of the molecule is CCCCn1c([N+]2(c3nc(N)c4cc(OC)c(OC)cc4n3)CCNCC2)c(Br)c(=O)n(CCCC)c1=O. The first-order valence-corrected chi connectivity index (χ1v) is 13.9. The molecule has 1 aliphatic rings. The molecule has 0 unspecified atom stereocenters. The number of aromatic nitrogens is 4. The smallest absolute Gasteiger partial charge is 0.338 e. The number of rotatable bonds is 10. The van der Waals surface area contributed by atoms with Gasteiger partial charge in [-0.25, -0.2) is 13.8 Å². The van der Waals surface area contributed by atoms with Crippen LogP contribution in [-0.4, -0.2) is 59.5 Å². The monoisotopic (exact) mass is 590 g/mol. The highest BCUT2D eigenvalue weighted by molar-refractivity contribution is 9.10. The Morgan fingerprint density at radius 2 is 1.61 bits per heavy atom. The van der Waals surface area contributed by atoms with E-state index in [9.17, 15) is 9.59 Å². The molecular formula is C26H37BrN7O4+. The number of nitrogens with one attached hydrogen (secondary N) is 1. The van der Waals surface area contributed by atoms with Gasteiger partial charge in [0.2, 0.25) is 5.82 Å². The van der Waals surface area contributed by atoms with Gasteiger partial charge in [-0.2, -0.15) is 9.97 Å². The highest BCUT2D eigenvalue weighted by Crippen LogP contribution is 2.40. The molecule has 0 amide bonds. The van der Waals surface area contributed by atoms with E-state index >= 15 is 0 Å². The number of piperazine rings is 1. The highest BCUT2D eigenvalue weighted by Gasteiger charge is 2.44. The molecular weight excluding hydrogens is 554 g/mol. The summed E-state index contributed by atoms with van der Waals surface area (Å²) < 4.78 is 14.5. The predicted octanol–water partition coefficient (Wildman–Crippen LogP) is 3.16. The van der Waals surface area contributed by atoms with Crippen molar-refractivity contribution in [3.8, 4) is 11.5 Å². The van der Waals surface area contributed by atoms with Crippen LogP contribution in [0.1, 0.15) is 39.5 Å². The van der Waals surface area contributed by atoms with Crippen LogP contribution in [0.3, 0.4) is 0 Å². The van der Waals surface area contributed by atoms with Crippen LogP contribution >= 0.6 is 15.9 Å². The van der Waals surface area contributed by atoms with E-state index in [0.717, 1.165) is 25.7 Å². The van der Waals surface area contributed by atoms with Gasteiger partial charge in [-0.15, -0.1) is 0 Å². The first-order chi connectivity index (χ1) is 18.3. The number of halogens is 1. The maximum atomic E-state index is 13.8. The van der Waals surface area contributed by atoms with Gasteiger partial charge in [-0.05, 0) is 34.8 Å². The highest BCUT2D eigenvalue weighted by atomic mass is 79.9. The topological polar surface area (TPSA) is 126 Å². The Morgan fingerprint density at radius 3 is 2.21 bits per heavy atom. The van der Waals surface area contributed by atoms with Crippen LogP contribution in [0.15, 0.2) is 26.2 Å². The van der Waals surface area contributed by atoms with E-state index in [0.29, 0.717) is 77.9 Å². The number of methoxy groups -OCH3 is 2. The number of hydrogen-bond donors (Lipinski definition) is 2. The molecule has 12 heteroatoms. The Bertz CT molecular complexity index is 1430. The summed E-state index contributed by atoms with van der Waals surface area (Å²) in [4.78, 5) is 37.1. The Labute approximate surface area is 230 Å². The lowest BCUT2D eigenvalue weighted by Crippen LogP contribution is -2.60. The molecule has 0 saturated carbocycles. The summed E-state index contributed by atoms with van der Waals surface area (Å²) in [5.74, 6) is 2.34. The van der Waals surface area contributed by atoms with E-state index < -0.39 is 0 Å². The fourth-order valence-electron chi connectivity index (χ4n) is 5.05. The van der Waals surface area contributed by atoms with E-state index in [1.165, 1.54) is 4.57 Å². The standard InChI is InChI=1S/C26H37BrN7O4/c1-5-7-11-32-23(21(27)24(35)33(26(32)36)12-8-6-2)34(13-9-29-10-14-34)25-30-18-16-20(38-4)19(37-3)15-17(18)22(28)31-25/h15-16,29H,5-14H2,1-4H3,(H2,28,30,31)/q+1. The van der Waals surface area contributed by atoms with Gasteiger partial charge in [0.1, 0.15) is 18.9 Å². The molecule has 11 nitrogen and oxygen atoms in total. The molecule has 1 aliphatic heterocycles. The fraction of sp³-hybridized carbons (Fsp3) is 0.538. The lowest BCUT2D eigenvalue weighted by atomic mass is 10.2. The van der Waals surface area contributed by atoms with Crippen LogP contribution in [0, 0.1) is 0 Å². The van der Waals surface area contributed by atoms with Crippen molar-refractivity contribution in [2.45, 2.75) is 52.6 Å². The van der Waals surface area contributed by atoms with Crippen molar-refractivity contribution in [2.75, 3.05) is 46.1 Å². The Morgan fingerprint density at radius 1 is 1.00 bits per heavy atom. The van der Waals surface area contributed by atoms with Gasteiger partial charge in [0.15, 0.2) is 16.0 Å². The normalized spacial score (nSPS) is 15.1. The summed E-state index contributed by atoms with van der Waals surface area (Å²) in [6.07, 6.45) is 3.32. The number of nitrogens with two attached hydrogens (primary N) is 1. The van der Waals surface area contributed by atoms with Crippen molar-refractivity contribution in [1.82, 2.24) is 28.9 Å². The zero-order valence-corrected chi connectivity index (χ0v) is 24.1. The van der Waals surface area contributed by atoms with Gasteiger partial charge >= 0.3 is 11.6 Å². The Hall–Kier alpha value is -2.96. The van der Waals surface area contributed by atoms with Gasteiger partial charge in [0.05, 0.1) is 19.7 Å². The molecule has 0 atom stereocenters. The zero-order valence-electron chi connectivity index (χ0n) is 22.6. The number of quaternary nitrogens is 1. The maximum Gasteiger partial charge on any atom is 0.338 e. The lowest BCUT2D eigenvalue weighted by Gasteiger charge is -2.39. The van der Waals surface area contributed by atoms with Crippen molar-refractivity contribution < 1.29 is 9.47 Å². The van der Waals surface area contributed by atoms with E-state index in [1.807, 2.05) is 6.92 Å². The van der Waals surface area contributed by atoms with Gasteiger partial charge in [-0.3, -0.25) is 9.36 Å². The molecule has 3 N–H and O–H groups in total. The summed E-state index contributed by atoms with van der Waals surface area (Å²) in [6.45, 7) is 7.37. The first kappa shape index (κ1) is 28.1. The molecule has 0 bridgehead atoms. The van der Waals surface area contributed by atoms with Gasteiger partial charge < -0.3 is 20.5 Å². The molecule has 0 spiro atoms. The largest absolute Gasteiger partial charge is 0.493 e. The molecule has 0 radical (unpaired) electrons. The molecule has 2 aromatic heterocycles. The Balaban J connectivity index is 2.04. The fourth-order valence-corrected chi connectivity index (χ4v) is 5.81. The van der Waals surface area contributed by atoms with E-state index in [2.05, 4.69) is 28.2 Å². The number of benzene rings is 1. The van der Waals surface area contributed by atoms with Crippen molar-refractivity contribution in [3.05, 3.63) is 37.4 Å². The number of unbranched alkanes of at least 4 members (excludes halogenated alkanes) is 2. The molecule has 1 saturated heterocycles. The van der Waals surface area contributed by atoms with E-state index in [-0.39, 0.29) is 21.5 Å². The second-order valence-corrected chi connectivity index (χ2v) is 10.3. The van der Waals surface area contributed by atoms with E-state index in [1.54, 1.807) is 30.9 Å². The second kappa shape index (κ2) is 11.8. The molecule has 0 aliphatic carbocycles. The molecule has 1 fully saturated rings. The minimum Gasteiger partial charge on any atom is -0.493 e. The van der Waals surface area contributed by atoms with Crippen molar-refractivity contribution >= 4 is 44.4 Å². The summed E-state index contributed by atoms with van der Waals surface area (Å²) in [6, 6.07) is 3.54. The third-order valence-corrected chi connectivity index (χ3v) is 7.86. The maximum absolute atomic E-state index is 13.8. The van der Waals surface area contributed by atoms with Crippen LogP contribution in [0.2, 0.25) is 0 Å². The zero-order chi connectivity index (χ0) is 27.4. The number of hydrogen-bond acceptors (Lipinski definition) is 8. The van der Waals surface area contributed by atoms with E-state index in [4.69, 9.17) is 25.2 Å². The molecule has 3 heterocycles. The minimum atomic E-state index is -0.331. The number of anilines is 1. The lowest BCUT2D eigenvalue weighted by molar-refractivity contribution is 0.293. The van der Waals surface area contributed by atoms with Crippen molar-refractivity contribution in [1.29, 1.82) is 0 Å². The van der Waals surface area contributed by atoms with Crippen LogP contribution in [0.25, 0.3) is 10.9 Å². The average Bonchev–Trinajstić information content (AvgIpc) is 2.93. The summed E-state index contributed by atoms with van der Waals surface area (Å²) >= 11 is 3.63. The number of fused-ring (bicyclic) bond motifs is 1. The van der Waals surface area contributed by atoms with Gasteiger partial charge in [0.25, 0.3) is 5.56 Å². The Kier molecular flexibility index (Phi) is 8.74. The summed E-state index contributed by atoms with van der Waals surface area (Å²) in [5.41, 5.74) is 6.45. The minimum absolute atomic E-state index is 0.116. The summed E-state index contributed by atoms with van der Waals surface area (Å²) in [7, 11) is 3.13.